The first-order valence-corrected chi connectivity index (χ1v) is 7.88. The summed E-state index contributed by atoms with van der Waals surface area (Å²) >= 11 is 7.90. The summed E-state index contributed by atoms with van der Waals surface area (Å²) in [6.45, 7) is 3.75. The normalized spacial score (nSPS) is 10.4. The summed E-state index contributed by atoms with van der Waals surface area (Å²) in [6.07, 6.45) is 0. The fourth-order valence-corrected chi connectivity index (χ4v) is 2.63. The highest BCUT2D eigenvalue weighted by Gasteiger charge is 2.12. The number of rotatable bonds is 3. The highest BCUT2D eigenvalue weighted by molar-refractivity contribution is 14.1. The maximum absolute atomic E-state index is 12.0. The van der Waals surface area contributed by atoms with Gasteiger partial charge >= 0.3 is 0 Å². The topological polar surface area (TPSA) is 76.0 Å². The molecule has 0 saturated heterocycles. The number of aromatic nitrogens is 2. The Kier molecular flexibility index (Phi) is 5.41. The van der Waals surface area contributed by atoms with E-state index in [-0.39, 0.29) is 12.5 Å². The molecule has 0 aliphatic rings. The summed E-state index contributed by atoms with van der Waals surface area (Å²) in [7, 11) is 0. The molecule has 0 aliphatic heterocycles. The van der Waals surface area contributed by atoms with Crippen LogP contribution in [0.5, 0.6) is 0 Å². The van der Waals surface area contributed by atoms with Gasteiger partial charge in [-0.25, -0.2) is 0 Å². The molecule has 0 bridgehead atoms. The van der Waals surface area contributed by atoms with Crippen molar-refractivity contribution in [3.8, 4) is 0 Å². The Morgan fingerprint density at radius 1 is 1.27 bits per heavy atom. The van der Waals surface area contributed by atoms with E-state index in [4.69, 9.17) is 11.6 Å². The predicted molar refractivity (Wildman–Crippen MR) is 91.5 cm³/mol. The van der Waals surface area contributed by atoms with Gasteiger partial charge in [0.2, 0.25) is 0 Å². The van der Waals surface area contributed by atoms with E-state index < -0.39 is 5.91 Å². The Balaban J connectivity index is 1.95. The van der Waals surface area contributed by atoms with Gasteiger partial charge in [-0.05, 0) is 60.7 Å². The van der Waals surface area contributed by atoms with Crippen LogP contribution in [0.1, 0.15) is 21.7 Å². The zero-order chi connectivity index (χ0) is 16.3. The minimum absolute atomic E-state index is 0.0343. The Labute approximate surface area is 146 Å². The quantitative estimate of drug-likeness (QED) is 0.577. The SMILES string of the molecule is Cc1cc(C)n(CC(=O)NNC(=O)c2cc(Cl)ccc2I)n1. The van der Waals surface area contributed by atoms with Crippen LogP contribution >= 0.6 is 34.2 Å². The van der Waals surface area contributed by atoms with Crippen molar-refractivity contribution >= 4 is 46.0 Å². The number of carbonyl (C=O) groups is 2. The number of nitrogens with zero attached hydrogens (tertiary/aromatic N) is 2. The first-order chi connectivity index (χ1) is 10.4. The van der Waals surface area contributed by atoms with E-state index in [0.717, 1.165) is 15.0 Å². The average Bonchev–Trinajstić information content (AvgIpc) is 2.77. The van der Waals surface area contributed by atoms with Gasteiger partial charge in [-0.1, -0.05) is 11.6 Å². The zero-order valence-electron chi connectivity index (χ0n) is 12.0. The number of hydrogen-bond acceptors (Lipinski definition) is 3. The van der Waals surface area contributed by atoms with Gasteiger partial charge in [0.05, 0.1) is 11.3 Å². The van der Waals surface area contributed by atoms with Gasteiger partial charge in [0.1, 0.15) is 6.54 Å². The second-order valence-corrected chi connectivity index (χ2v) is 6.31. The molecule has 0 unspecified atom stereocenters. The zero-order valence-corrected chi connectivity index (χ0v) is 14.9. The highest BCUT2D eigenvalue weighted by atomic mass is 127. The van der Waals surface area contributed by atoms with Crippen molar-refractivity contribution in [2.75, 3.05) is 0 Å². The fourth-order valence-electron chi connectivity index (χ4n) is 1.88. The van der Waals surface area contributed by atoms with Crippen molar-refractivity contribution < 1.29 is 9.59 Å². The molecule has 2 rings (SSSR count). The van der Waals surface area contributed by atoms with Crippen LogP contribution < -0.4 is 10.9 Å². The molecule has 22 heavy (non-hydrogen) atoms. The van der Waals surface area contributed by atoms with Gasteiger partial charge < -0.3 is 0 Å². The van der Waals surface area contributed by atoms with Crippen molar-refractivity contribution in [3.63, 3.8) is 0 Å². The van der Waals surface area contributed by atoms with E-state index in [0.29, 0.717) is 10.6 Å². The number of nitrogens with one attached hydrogen (secondary N) is 2. The molecular formula is C14H14ClIN4O2. The lowest BCUT2D eigenvalue weighted by molar-refractivity contribution is -0.122. The number of hydrazine groups is 1. The fraction of sp³-hybridized carbons (Fsp3) is 0.214. The van der Waals surface area contributed by atoms with Crippen molar-refractivity contribution in [1.82, 2.24) is 20.6 Å². The van der Waals surface area contributed by atoms with Gasteiger partial charge in [0, 0.05) is 14.3 Å². The highest BCUT2D eigenvalue weighted by Crippen LogP contribution is 2.17. The van der Waals surface area contributed by atoms with Crippen molar-refractivity contribution in [2.24, 2.45) is 0 Å². The molecule has 0 atom stereocenters. The minimum atomic E-state index is -0.423. The first kappa shape index (κ1) is 16.8. The Hall–Kier alpha value is -1.61. The van der Waals surface area contributed by atoms with E-state index in [2.05, 4.69) is 16.0 Å². The molecule has 1 aromatic carbocycles. The van der Waals surface area contributed by atoms with Crippen LogP contribution in [0.3, 0.4) is 0 Å². The number of hydrogen-bond donors (Lipinski definition) is 2. The predicted octanol–water partition coefficient (Wildman–Crippen LogP) is 2.22. The Morgan fingerprint density at radius 2 is 2.00 bits per heavy atom. The van der Waals surface area contributed by atoms with Crippen LogP contribution in [0.2, 0.25) is 5.02 Å². The van der Waals surface area contributed by atoms with Crippen LogP contribution in [0, 0.1) is 17.4 Å². The molecule has 6 nitrogen and oxygen atoms in total. The van der Waals surface area contributed by atoms with Gasteiger partial charge in [0.25, 0.3) is 11.8 Å². The summed E-state index contributed by atoms with van der Waals surface area (Å²) in [4.78, 5) is 23.9. The average molecular weight is 433 g/mol. The van der Waals surface area contributed by atoms with E-state index in [1.165, 1.54) is 0 Å². The summed E-state index contributed by atoms with van der Waals surface area (Å²) in [5.74, 6) is -0.787. The van der Waals surface area contributed by atoms with Crippen LogP contribution in [-0.2, 0) is 11.3 Å². The first-order valence-electron chi connectivity index (χ1n) is 6.42. The molecule has 0 saturated carbocycles. The summed E-state index contributed by atoms with van der Waals surface area (Å²) in [6, 6.07) is 6.85. The lowest BCUT2D eigenvalue weighted by Gasteiger charge is -2.09. The standard InChI is InChI=1S/C14H14ClIN4O2/c1-8-5-9(2)20(19-8)7-13(21)17-18-14(22)11-6-10(15)3-4-12(11)16/h3-6H,7H2,1-2H3,(H,17,21)(H,18,22). The van der Waals surface area contributed by atoms with E-state index in [9.17, 15) is 9.59 Å². The van der Waals surface area contributed by atoms with Gasteiger partial charge in [-0.3, -0.25) is 25.1 Å². The monoisotopic (exact) mass is 432 g/mol. The molecule has 0 fully saturated rings. The maximum Gasteiger partial charge on any atom is 0.270 e. The molecule has 0 spiro atoms. The molecule has 2 amide bonds. The van der Waals surface area contributed by atoms with Crippen molar-refractivity contribution in [2.45, 2.75) is 20.4 Å². The largest absolute Gasteiger partial charge is 0.271 e. The third-order valence-corrected chi connectivity index (χ3v) is 4.06. The molecule has 1 aromatic heterocycles. The molecule has 1 heterocycles. The van der Waals surface area contributed by atoms with Crippen molar-refractivity contribution in [3.05, 3.63) is 49.8 Å². The molecule has 0 radical (unpaired) electrons. The molecular weight excluding hydrogens is 419 g/mol. The second kappa shape index (κ2) is 7.10. The van der Waals surface area contributed by atoms with E-state index in [1.807, 2.05) is 42.5 Å². The van der Waals surface area contributed by atoms with Crippen LogP contribution in [0.15, 0.2) is 24.3 Å². The smallest absolute Gasteiger partial charge is 0.270 e. The number of benzene rings is 1. The molecule has 0 aliphatic carbocycles. The van der Waals surface area contributed by atoms with Crippen LogP contribution in [0.4, 0.5) is 0 Å². The third kappa shape index (κ3) is 4.20. The van der Waals surface area contributed by atoms with Gasteiger partial charge in [-0.15, -0.1) is 0 Å². The lowest BCUT2D eigenvalue weighted by atomic mass is 10.2. The second-order valence-electron chi connectivity index (χ2n) is 4.71. The van der Waals surface area contributed by atoms with Gasteiger partial charge in [0.15, 0.2) is 0 Å². The number of amides is 2. The Morgan fingerprint density at radius 3 is 2.64 bits per heavy atom. The minimum Gasteiger partial charge on any atom is -0.271 e. The van der Waals surface area contributed by atoms with E-state index >= 15 is 0 Å². The molecule has 2 aromatic rings. The van der Waals surface area contributed by atoms with Crippen LogP contribution in [-0.4, -0.2) is 21.6 Å². The Bertz CT molecular complexity index is 730. The summed E-state index contributed by atoms with van der Waals surface area (Å²) < 4.78 is 2.31. The molecule has 8 heteroatoms. The number of halogens is 2. The maximum atomic E-state index is 12.0. The van der Waals surface area contributed by atoms with Crippen LogP contribution in [0.25, 0.3) is 0 Å². The summed E-state index contributed by atoms with van der Waals surface area (Å²) in [5, 5.41) is 4.64. The number of carbonyl (C=O) groups excluding carboxylic acids is 2. The lowest BCUT2D eigenvalue weighted by Crippen LogP contribution is -2.43. The summed E-state index contributed by atoms with van der Waals surface area (Å²) in [5.41, 5.74) is 6.85. The molecule has 116 valence electrons. The third-order valence-electron chi connectivity index (χ3n) is 2.89. The van der Waals surface area contributed by atoms with E-state index in [1.54, 1.807) is 22.9 Å². The molecule has 2 N–H and O–H groups in total. The van der Waals surface area contributed by atoms with Gasteiger partial charge in [-0.2, -0.15) is 5.10 Å². The van der Waals surface area contributed by atoms with Crippen molar-refractivity contribution in [1.29, 1.82) is 0 Å². The number of aryl methyl sites for hydroxylation is 2.